The number of nitrogens with zero attached hydrogens (tertiary/aromatic N) is 5. The van der Waals surface area contributed by atoms with Gasteiger partial charge >= 0.3 is 5.69 Å². The Balaban J connectivity index is 1.89. The van der Waals surface area contributed by atoms with Gasteiger partial charge in [-0.1, -0.05) is 12.0 Å². The molecule has 3 aromatic rings. The number of hydrogen-bond donors (Lipinski definition) is 1. The molecule has 10 nitrogen and oxygen atoms in total. The van der Waals surface area contributed by atoms with Crippen LogP contribution in [0.15, 0.2) is 27.8 Å². The largest absolute Gasteiger partial charge is 0.493 e. The number of imidazole rings is 1. The molecule has 10 heteroatoms. The molecule has 180 valence electrons. The van der Waals surface area contributed by atoms with Gasteiger partial charge in [0.15, 0.2) is 22.7 Å². The third-order valence-corrected chi connectivity index (χ3v) is 6.16. The first-order valence-electron chi connectivity index (χ1n) is 11.2. The zero-order valence-corrected chi connectivity index (χ0v) is 20.0. The molecule has 4 rings (SSSR count). The Labute approximate surface area is 197 Å². The summed E-state index contributed by atoms with van der Waals surface area (Å²) in [4.78, 5) is 33.7. The fourth-order valence-electron chi connectivity index (χ4n) is 4.40. The van der Waals surface area contributed by atoms with Crippen LogP contribution >= 0.6 is 0 Å². The van der Waals surface area contributed by atoms with Crippen LogP contribution in [0.25, 0.3) is 11.2 Å². The third-order valence-electron chi connectivity index (χ3n) is 6.16. The monoisotopic (exact) mass is 466 g/mol. The highest BCUT2D eigenvalue weighted by Crippen LogP contribution is 2.28. The molecule has 0 unspecified atom stereocenters. The van der Waals surface area contributed by atoms with Crippen LogP contribution in [0.3, 0.4) is 0 Å². The summed E-state index contributed by atoms with van der Waals surface area (Å²) in [5, 5.41) is 0. The highest BCUT2D eigenvalue weighted by molar-refractivity contribution is 5.75. The van der Waals surface area contributed by atoms with Crippen molar-refractivity contribution in [2.24, 2.45) is 12.8 Å². The number of piperidine rings is 1. The number of nitrogens with two attached hydrogens (primary N) is 1. The maximum Gasteiger partial charge on any atom is 0.332 e. The average Bonchev–Trinajstić information content (AvgIpc) is 3.23. The highest BCUT2D eigenvalue weighted by Gasteiger charge is 2.26. The normalized spacial score (nSPS) is 15.8. The van der Waals surface area contributed by atoms with Crippen LogP contribution in [0.2, 0.25) is 0 Å². The van der Waals surface area contributed by atoms with Gasteiger partial charge in [0.25, 0.3) is 5.56 Å². The fourth-order valence-corrected chi connectivity index (χ4v) is 4.40. The molecule has 1 saturated heterocycles. The zero-order chi connectivity index (χ0) is 24.4. The molecule has 0 aliphatic carbocycles. The van der Waals surface area contributed by atoms with Crippen molar-refractivity contribution in [3.8, 4) is 23.3 Å². The number of aromatic nitrogens is 4. The molecular formula is C24H30N6O4. The van der Waals surface area contributed by atoms with Crippen LogP contribution in [0, 0.1) is 11.8 Å². The van der Waals surface area contributed by atoms with E-state index in [1.807, 2.05) is 0 Å². The van der Waals surface area contributed by atoms with E-state index < -0.39 is 11.2 Å². The second-order valence-corrected chi connectivity index (χ2v) is 8.37. The summed E-state index contributed by atoms with van der Waals surface area (Å²) in [5.74, 6) is 7.64. The molecule has 0 radical (unpaired) electrons. The minimum absolute atomic E-state index is 0.0322. The summed E-state index contributed by atoms with van der Waals surface area (Å²) in [5.41, 5.74) is 6.76. The van der Waals surface area contributed by atoms with Gasteiger partial charge in [0.05, 0.1) is 27.3 Å². The Morgan fingerprint density at radius 1 is 1.18 bits per heavy atom. The van der Waals surface area contributed by atoms with E-state index in [9.17, 15) is 9.59 Å². The Morgan fingerprint density at radius 3 is 2.62 bits per heavy atom. The summed E-state index contributed by atoms with van der Waals surface area (Å²) in [6.07, 6.45) is 1.88. The molecule has 0 amide bonds. The number of fused-ring (bicyclic) bond motifs is 1. The number of hydrogen-bond acceptors (Lipinski definition) is 7. The van der Waals surface area contributed by atoms with Crippen molar-refractivity contribution >= 4 is 17.1 Å². The molecule has 0 spiro atoms. The van der Waals surface area contributed by atoms with Gasteiger partial charge in [-0.25, -0.2) is 4.79 Å². The Hall–Kier alpha value is -3.71. The molecule has 1 aliphatic heterocycles. The molecule has 1 atom stereocenters. The van der Waals surface area contributed by atoms with Gasteiger partial charge < -0.3 is 20.1 Å². The van der Waals surface area contributed by atoms with Crippen molar-refractivity contribution in [2.75, 3.05) is 32.2 Å². The van der Waals surface area contributed by atoms with E-state index >= 15 is 0 Å². The number of ether oxygens (including phenoxy) is 2. The first kappa shape index (κ1) is 23.4. The van der Waals surface area contributed by atoms with Gasteiger partial charge in [-0.3, -0.25) is 18.5 Å². The molecule has 2 N–H and O–H groups in total. The van der Waals surface area contributed by atoms with Gasteiger partial charge in [0.1, 0.15) is 0 Å². The van der Waals surface area contributed by atoms with E-state index in [1.165, 1.54) is 9.13 Å². The van der Waals surface area contributed by atoms with Crippen LogP contribution in [-0.4, -0.2) is 52.0 Å². The average molecular weight is 467 g/mol. The first-order chi connectivity index (χ1) is 16.4. The van der Waals surface area contributed by atoms with Gasteiger partial charge in [0, 0.05) is 26.2 Å². The first-order valence-corrected chi connectivity index (χ1v) is 11.2. The lowest BCUT2D eigenvalue weighted by atomic mass is 10.1. The third kappa shape index (κ3) is 4.15. The molecule has 0 bridgehead atoms. The standard InChI is InChI=1S/C24H30N6O4/c1-5-6-12-29-20-21(26-23(29)28-11-7-8-17(25)15-28)27(2)24(32)30(22(20)31)14-16-9-10-18(33-3)19(13-16)34-4/h9-10,13,17H,7-8,11-12,14-15,25H2,1-4H3/t17-/m1/s1. The number of anilines is 1. The molecule has 2 aromatic heterocycles. The second kappa shape index (κ2) is 9.65. The number of aryl methyl sites for hydroxylation is 1. The van der Waals surface area contributed by atoms with Crippen LogP contribution in [-0.2, 0) is 20.1 Å². The minimum atomic E-state index is -0.444. The molecule has 1 aromatic carbocycles. The Morgan fingerprint density at radius 2 is 1.94 bits per heavy atom. The lowest BCUT2D eigenvalue weighted by Gasteiger charge is -2.31. The topological polar surface area (TPSA) is 110 Å². The minimum Gasteiger partial charge on any atom is -0.493 e. The predicted molar refractivity (Wildman–Crippen MR) is 131 cm³/mol. The molecular weight excluding hydrogens is 436 g/mol. The van der Waals surface area contributed by atoms with Gasteiger partial charge in [0.2, 0.25) is 5.95 Å². The summed E-state index contributed by atoms with van der Waals surface area (Å²) in [6.45, 7) is 3.54. The van der Waals surface area contributed by atoms with Crippen LogP contribution in [0.4, 0.5) is 5.95 Å². The van der Waals surface area contributed by atoms with Crippen LogP contribution in [0.1, 0.15) is 25.3 Å². The number of rotatable bonds is 6. The molecule has 1 aliphatic rings. The second-order valence-electron chi connectivity index (χ2n) is 8.37. The highest BCUT2D eigenvalue weighted by atomic mass is 16.5. The van der Waals surface area contributed by atoms with Crippen molar-refractivity contribution in [2.45, 2.75) is 38.9 Å². The van der Waals surface area contributed by atoms with E-state index in [4.69, 9.17) is 20.2 Å². The van der Waals surface area contributed by atoms with Gasteiger partial charge in [-0.05, 0) is 37.5 Å². The maximum atomic E-state index is 13.7. The van der Waals surface area contributed by atoms with E-state index in [-0.39, 0.29) is 19.1 Å². The fraction of sp³-hybridized carbons (Fsp3) is 0.458. The lowest BCUT2D eigenvalue weighted by Crippen LogP contribution is -2.44. The summed E-state index contributed by atoms with van der Waals surface area (Å²) < 4.78 is 15.1. The van der Waals surface area contributed by atoms with E-state index in [1.54, 1.807) is 51.0 Å². The Bertz CT molecular complexity index is 1390. The summed E-state index contributed by atoms with van der Waals surface area (Å²) in [7, 11) is 4.73. The van der Waals surface area contributed by atoms with Gasteiger partial charge in [-0.2, -0.15) is 4.98 Å². The van der Waals surface area contributed by atoms with E-state index in [0.717, 1.165) is 24.9 Å². The molecule has 1 fully saturated rings. The lowest BCUT2D eigenvalue weighted by molar-refractivity contribution is 0.354. The quantitative estimate of drug-likeness (QED) is 0.538. The zero-order valence-electron chi connectivity index (χ0n) is 20.0. The smallest absolute Gasteiger partial charge is 0.332 e. The molecule has 34 heavy (non-hydrogen) atoms. The van der Waals surface area contributed by atoms with Crippen LogP contribution < -0.4 is 31.4 Å². The molecule has 0 saturated carbocycles. The summed E-state index contributed by atoms with van der Waals surface area (Å²) in [6, 6.07) is 5.35. The van der Waals surface area contributed by atoms with Crippen LogP contribution in [0.5, 0.6) is 11.5 Å². The number of benzene rings is 1. The number of methoxy groups -OCH3 is 2. The maximum absolute atomic E-state index is 13.7. The summed E-state index contributed by atoms with van der Waals surface area (Å²) >= 11 is 0. The van der Waals surface area contributed by atoms with Crippen molar-refractivity contribution in [3.05, 3.63) is 44.6 Å². The van der Waals surface area contributed by atoms with Crippen molar-refractivity contribution in [3.63, 3.8) is 0 Å². The SMILES string of the molecule is CC#CCn1c(N2CCC[C@@H](N)C2)nc2c1c(=O)n(Cc1ccc(OC)c(OC)c1)c(=O)n2C. The van der Waals surface area contributed by atoms with Crippen molar-refractivity contribution in [1.29, 1.82) is 0 Å². The van der Waals surface area contributed by atoms with Crippen molar-refractivity contribution in [1.82, 2.24) is 18.7 Å². The van der Waals surface area contributed by atoms with E-state index in [2.05, 4.69) is 16.7 Å². The van der Waals surface area contributed by atoms with E-state index in [0.29, 0.717) is 35.2 Å². The molecule has 3 heterocycles. The predicted octanol–water partition coefficient (Wildman–Crippen LogP) is 0.913. The Kier molecular flexibility index (Phi) is 6.65. The van der Waals surface area contributed by atoms with Gasteiger partial charge in [-0.15, -0.1) is 5.92 Å². The van der Waals surface area contributed by atoms with Crippen molar-refractivity contribution < 1.29 is 9.47 Å².